The van der Waals surface area contributed by atoms with Crippen LogP contribution in [0, 0.1) is 0 Å². The molecule has 0 aromatic heterocycles. The van der Waals surface area contributed by atoms with Crippen molar-refractivity contribution in [2.75, 3.05) is 39.4 Å². The van der Waals surface area contributed by atoms with Gasteiger partial charge in [0.15, 0.2) is 23.2 Å². The molecular weight excluding hydrogens is 500 g/mol. The monoisotopic (exact) mass is 548 g/mol. The summed E-state index contributed by atoms with van der Waals surface area (Å²) in [6.45, 7) is 3.29. The molecule has 0 saturated carbocycles. The topological polar surface area (TPSA) is 297 Å². The number of aliphatic hydroxyl groups excluding tert-OH is 2. The summed E-state index contributed by atoms with van der Waals surface area (Å²) >= 11 is 0. The lowest BCUT2D eigenvalue weighted by molar-refractivity contribution is -0.164. The van der Waals surface area contributed by atoms with Crippen molar-refractivity contribution in [3.63, 3.8) is 0 Å². The SMILES string of the molecule is CCC(CO)N(C(CC)CO)[C@](CCCN=C(N)N)(NCCN[C@](N)(CCCN=C(N)N)C(=O)O)C(=O)O. The molecule has 0 heterocycles. The first-order chi connectivity index (χ1) is 17.8. The molecule has 0 aromatic rings. The molecule has 0 rings (SSSR count). The van der Waals surface area contributed by atoms with E-state index in [9.17, 15) is 30.0 Å². The zero-order valence-electron chi connectivity index (χ0n) is 22.5. The van der Waals surface area contributed by atoms with E-state index in [0.717, 1.165) is 0 Å². The number of aliphatic imine (C=N–C) groups is 2. The second kappa shape index (κ2) is 17.7. The maximum Gasteiger partial charge on any atom is 0.339 e. The number of hydrogen-bond acceptors (Lipinski definition) is 10. The van der Waals surface area contributed by atoms with Crippen LogP contribution in [0.4, 0.5) is 0 Å². The highest BCUT2D eigenvalue weighted by molar-refractivity contribution is 5.79. The molecule has 0 amide bonds. The Morgan fingerprint density at radius 1 is 0.816 bits per heavy atom. The molecule has 16 heteroatoms. The van der Waals surface area contributed by atoms with E-state index in [2.05, 4.69) is 20.6 Å². The van der Waals surface area contributed by atoms with Crippen molar-refractivity contribution in [1.82, 2.24) is 15.5 Å². The van der Waals surface area contributed by atoms with Gasteiger partial charge in [-0.15, -0.1) is 0 Å². The lowest BCUT2D eigenvalue weighted by Gasteiger charge is -2.48. The van der Waals surface area contributed by atoms with Crippen molar-refractivity contribution in [2.24, 2.45) is 38.7 Å². The van der Waals surface area contributed by atoms with Crippen molar-refractivity contribution in [2.45, 2.75) is 75.8 Å². The van der Waals surface area contributed by atoms with Gasteiger partial charge in [-0.3, -0.25) is 25.5 Å². The van der Waals surface area contributed by atoms with Crippen LogP contribution in [-0.4, -0.2) is 112 Å². The Kier molecular flexibility index (Phi) is 16.4. The Bertz CT molecular complexity index is 758. The highest BCUT2D eigenvalue weighted by Crippen LogP contribution is 2.28. The summed E-state index contributed by atoms with van der Waals surface area (Å²) < 4.78 is 0. The predicted molar refractivity (Wildman–Crippen MR) is 145 cm³/mol. The Morgan fingerprint density at radius 3 is 1.63 bits per heavy atom. The van der Waals surface area contributed by atoms with Crippen molar-refractivity contribution >= 4 is 23.9 Å². The first-order valence-electron chi connectivity index (χ1n) is 12.7. The minimum atomic E-state index is -1.80. The summed E-state index contributed by atoms with van der Waals surface area (Å²) in [6.07, 6.45) is 1.43. The number of nitrogens with one attached hydrogen (secondary N) is 2. The van der Waals surface area contributed by atoms with Crippen LogP contribution in [0.2, 0.25) is 0 Å². The number of rotatable bonds is 22. The number of hydrogen-bond donors (Lipinski definition) is 11. The fourth-order valence-corrected chi connectivity index (χ4v) is 4.29. The molecule has 4 atom stereocenters. The van der Waals surface area contributed by atoms with Crippen LogP contribution in [0.1, 0.15) is 52.4 Å². The quantitative estimate of drug-likeness (QED) is 0.0272. The molecule has 0 aliphatic heterocycles. The average Bonchev–Trinajstić information content (AvgIpc) is 2.85. The maximum atomic E-state index is 12.9. The molecule has 0 fully saturated rings. The number of nitrogens with zero attached hydrogens (tertiary/aromatic N) is 3. The summed E-state index contributed by atoms with van der Waals surface area (Å²) in [6, 6.07) is -1.18. The summed E-state index contributed by atoms with van der Waals surface area (Å²) in [4.78, 5) is 34.0. The van der Waals surface area contributed by atoms with Gasteiger partial charge in [0.1, 0.15) is 0 Å². The Balaban J connectivity index is 5.96. The first-order valence-corrected chi connectivity index (χ1v) is 12.7. The highest BCUT2D eigenvalue weighted by atomic mass is 16.4. The van der Waals surface area contributed by atoms with E-state index < -0.39 is 35.3 Å². The van der Waals surface area contributed by atoms with Crippen molar-refractivity contribution < 1.29 is 30.0 Å². The van der Waals surface area contributed by atoms with Gasteiger partial charge in [0.25, 0.3) is 0 Å². The molecule has 2 unspecified atom stereocenters. The van der Waals surface area contributed by atoms with Gasteiger partial charge in [-0.2, -0.15) is 0 Å². The van der Waals surface area contributed by atoms with E-state index >= 15 is 0 Å². The van der Waals surface area contributed by atoms with Crippen LogP contribution in [0.15, 0.2) is 9.98 Å². The third-order valence-corrected chi connectivity index (χ3v) is 6.32. The van der Waals surface area contributed by atoms with Gasteiger partial charge < -0.3 is 49.1 Å². The van der Waals surface area contributed by atoms with Gasteiger partial charge in [-0.05, 0) is 38.5 Å². The molecule has 16 N–H and O–H groups in total. The van der Waals surface area contributed by atoms with Gasteiger partial charge in [-0.25, -0.2) is 9.59 Å². The Morgan fingerprint density at radius 2 is 1.26 bits per heavy atom. The van der Waals surface area contributed by atoms with Crippen LogP contribution in [0.3, 0.4) is 0 Å². The number of carbonyl (C=O) groups is 2. The lowest BCUT2D eigenvalue weighted by Crippen LogP contribution is -2.71. The molecule has 0 spiro atoms. The van der Waals surface area contributed by atoms with Crippen LogP contribution < -0.4 is 39.3 Å². The van der Waals surface area contributed by atoms with E-state index in [-0.39, 0.29) is 70.6 Å². The standard InChI is InChI=1S/C22H48N10O6/c1-3-15(13-33)32(16(4-2)14-34)22(18(37)38,8-6-10-29-20(25)26)31-12-11-30-21(27,17(35)36)7-5-9-28-19(23)24/h15-16,30-31,33-34H,3-14,27H2,1-2H3,(H,35,36)(H,37,38)(H4,23,24,28)(H4,25,26,29)/t15?,16?,21-,22+/m1/s1. The van der Waals surface area contributed by atoms with Crippen molar-refractivity contribution in [3.8, 4) is 0 Å². The summed E-state index contributed by atoms with van der Waals surface area (Å²) in [5, 5.41) is 46.1. The van der Waals surface area contributed by atoms with Crippen LogP contribution >= 0.6 is 0 Å². The van der Waals surface area contributed by atoms with Gasteiger partial charge in [0, 0.05) is 38.3 Å². The van der Waals surface area contributed by atoms with Gasteiger partial charge in [-0.1, -0.05) is 13.8 Å². The van der Waals surface area contributed by atoms with Gasteiger partial charge in [0.2, 0.25) is 0 Å². The van der Waals surface area contributed by atoms with Crippen LogP contribution in [-0.2, 0) is 9.59 Å². The number of guanidine groups is 2. The van der Waals surface area contributed by atoms with Gasteiger partial charge >= 0.3 is 11.9 Å². The van der Waals surface area contributed by atoms with E-state index in [1.165, 1.54) is 0 Å². The molecule has 0 bridgehead atoms. The minimum Gasteiger partial charge on any atom is -0.479 e. The molecule has 0 aliphatic carbocycles. The van der Waals surface area contributed by atoms with Crippen molar-refractivity contribution in [1.29, 1.82) is 0 Å². The maximum absolute atomic E-state index is 12.9. The molecule has 38 heavy (non-hydrogen) atoms. The van der Waals surface area contributed by atoms with E-state index in [1.807, 2.05) is 13.8 Å². The molecule has 0 saturated heterocycles. The molecule has 0 aliphatic rings. The Labute approximate surface area is 223 Å². The minimum absolute atomic E-state index is 0.00501. The molecule has 0 aromatic carbocycles. The third kappa shape index (κ3) is 10.9. The van der Waals surface area contributed by atoms with E-state index in [0.29, 0.717) is 19.3 Å². The summed E-state index contributed by atoms with van der Waals surface area (Å²) in [7, 11) is 0. The normalized spacial score (nSPS) is 16.2. The van der Waals surface area contributed by atoms with Gasteiger partial charge in [0.05, 0.1) is 13.2 Å². The Hall–Kier alpha value is -2.76. The number of carboxylic acid groups (broad SMARTS) is 2. The third-order valence-electron chi connectivity index (χ3n) is 6.32. The summed E-state index contributed by atoms with van der Waals surface area (Å²) in [5.41, 5.74) is 23.9. The average molecular weight is 549 g/mol. The number of nitrogens with two attached hydrogens (primary N) is 5. The summed E-state index contributed by atoms with van der Waals surface area (Å²) in [5.74, 6) is -2.76. The molecule has 16 nitrogen and oxygen atoms in total. The highest BCUT2D eigenvalue weighted by Gasteiger charge is 2.48. The molecule has 222 valence electrons. The molecular formula is C22H48N10O6. The second-order valence-corrected chi connectivity index (χ2v) is 9.01. The number of carboxylic acids is 2. The lowest BCUT2D eigenvalue weighted by atomic mass is 9.94. The van der Waals surface area contributed by atoms with Crippen molar-refractivity contribution in [3.05, 3.63) is 0 Å². The largest absolute Gasteiger partial charge is 0.479 e. The fraction of sp³-hybridized carbons (Fsp3) is 0.818. The van der Waals surface area contributed by atoms with Crippen LogP contribution in [0.25, 0.3) is 0 Å². The first kappa shape index (κ1) is 35.2. The second-order valence-electron chi connectivity index (χ2n) is 9.01. The fourth-order valence-electron chi connectivity index (χ4n) is 4.29. The number of aliphatic hydroxyl groups is 2. The zero-order valence-corrected chi connectivity index (χ0v) is 22.5. The zero-order chi connectivity index (χ0) is 29.4. The van der Waals surface area contributed by atoms with E-state index in [1.54, 1.807) is 4.90 Å². The number of aliphatic carboxylic acids is 2. The van der Waals surface area contributed by atoms with Crippen LogP contribution in [0.5, 0.6) is 0 Å². The van der Waals surface area contributed by atoms with E-state index in [4.69, 9.17) is 28.7 Å². The molecule has 0 radical (unpaired) electrons. The predicted octanol–water partition coefficient (Wildman–Crippen LogP) is -3.36. The smallest absolute Gasteiger partial charge is 0.339 e.